The van der Waals surface area contributed by atoms with E-state index in [1.165, 1.54) is 44.3 Å². The molecule has 2 heterocycles. The molecule has 8 heteroatoms. The second kappa shape index (κ2) is 9.09. The zero-order valence-corrected chi connectivity index (χ0v) is 18.5. The van der Waals surface area contributed by atoms with Crippen LogP contribution in [-0.4, -0.2) is 22.2 Å². The molecule has 0 radical (unpaired) electrons. The second-order valence-electron chi connectivity index (χ2n) is 6.12. The molecule has 0 saturated carbocycles. The van der Waals surface area contributed by atoms with E-state index in [1.807, 2.05) is 60.7 Å². The summed E-state index contributed by atoms with van der Waals surface area (Å²) in [6.07, 6.45) is 0. The average molecular weight is 471 g/mol. The lowest BCUT2D eigenvalue weighted by Crippen LogP contribution is -1.96. The summed E-state index contributed by atoms with van der Waals surface area (Å²) < 4.78 is 0. The smallest absolute Gasteiger partial charge is 0.337 e. The number of rotatable bonds is 7. The first-order chi connectivity index (χ1) is 14.6. The highest BCUT2D eigenvalue weighted by molar-refractivity contribution is 8.76. The van der Waals surface area contributed by atoms with E-state index >= 15 is 0 Å². The maximum atomic E-state index is 11.8. The zero-order chi connectivity index (χ0) is 21.1. The highest BCUT2D eigenvalue weighted by Crippen LogP contribution is 2.51. The third-order valence-corrected chi connectivity index (χ3v) is 9.06. The first-order valence-electron chi connectivity index (χ1n) is 8.71. The molecule has 0 aliphatic carbocycles. The van der Waals surface area contributed by atoms with Gasteiger partial charge in [0.1, 0.15) is 0 Å². The predicted octanol–water partition coefficient (Wildman–Crippen LogP) is 7.34. The molecule has 30 heavy (non-hydrogen) atoms. The van der Waals surface area contributed by atoms with Gasteiger partial charge in [-0.05, 0) is 11.1 Å². The molecule has 150 valence electrons. The van der Waals surface area contributed by atoms with E-state index in [0.29, 0.717) is 9.79 Å². The standard InChI is InChI=1S/C22H14O4S4/c23-21(24)15-11-27-17(13-7-3-1-4-8-13)19(15)29-30-20-16(22(25)26)12-28-18(20)14-9-5-2-6-10-14/h1-12H,(H,23,24)(H,25,26). The summed E-state index contributed by atoms with van der Waals surface area (Å²) in [6.45, 7) is 0. The molecule has 0 unspecified atom stereocenters. The summed E-state index contributed by atoms with van der Waals surface area (Å²) in [7, 11) is 2.58. The predicted molar refractivity (Wildman–Crippen MR) is 125 cm³/mol. The first-order valence-corrected chi connectivity index (χ1v) is 12.6. The number of hydrogen-bond acceptors (Lipinski definition) is 6. The van der Waals surface area contributed by atoms with Crippen LogP contribution in [0.4, 0.5) is 0 Å². The van der Waals surface area contributed by atoms with Gasteiger partial charge in [0.05, 0.1) is 20.9 Å². The Labute approximate surface area is 188 Å². The monoisotopic (exact) mass is 470 g/mol. The van der Waals surface area contributed by atoms with Crippen LogP contribution >= 0.6 is 44.3 Å². The van der Waals surface area contributed by atoms with Gasteiger partial charge in [0, 0.05) is 20.5 Å². The van der Waals surface area contributed by atoms with E-state index in [1.54, 1.807) is 10.8 Å². The van der Waals surface area contributed by atoms with Crippen molar-refractivity contribution < 1.29 is 19.8 Å². The van der Waals surface area contributed by atoms with Crippen molar-refractivity contribution in [1.82, 2.24) is 0 Å². The largest absolute Gasteiger partial charge is 0.478 e. The molecule has 0 saturated heterocycles. The van der Waals surface area contributed by atoms with Gasteiger partial charge in [0.25, 0.3) is 0 Å². The molecule has 0 bridgehead atoms. The average Bonchev–Trinajstić information content (AvgIpc) is 3.38. The minimum absolute atomic E-state index is 0.227. The molecule has 0 amide bonds. The van der Waals surface area contributed by atoms with E-state index in [2.05, 4.69) is 0 Å². The van der Waals surface area contributed by atoms with Gasteiger partial charge in [0.15, 0.2) is 0 Å². The van der Waals surface area contributed by atoms with Gasteiger partial charge in [-0.15, -0.1) is 22.7 Å². The van der Waals surface area contributed by atoms with Crippen molar-refractivity contribution in [3.63, 3.8) is 0 Å². The Kier molecular flexibility index (Phi) is 6.29. The van der Waals surface area contributed by atoms with E-state index in [4.69, 9.17) is 0 Å². The third kappa shape index (κ3) is 4.17. The van der Waals surface area contributed by atoms with Crippen molar-refractivity contribution in [1.29, 1.82) is 0 Å². The van der Waals surface area contributed by atoms with Crippen molar-refractivity contribution in [2.75, 3.05) is 0 Å². The minimum Gasteiger partial charge on any atom is -0.478 e. The number of benzene rings is 2. The van der Waals surface area contributed by atoms with Crippen LogP contribution in [0.3, 0.4) is 0 Å². The summed E-state index contributed by atoms with van der Waals surface area (Å²) in [5, 5.41) is 22.6. The summed E-state index contributed by atoms with van der Waals surface area (Å²) in [6, 6.07) is 19.2. The summed E-state index contributed by atoms with van der Waals surface area (Å²) >= 11 is 2.75. The molecule has 2 N–H and O–H groups in total. The molecule has 4 rings (SSSR count). The normalized spacial score (nSPS) is 10.8. The van der Waals surface area contributed by atoms with Crippen molar-refractivity contribution in [2.24, 2.45) is 0 Å². The van der Waals surface area contributed by atoms with Crippen LogP contribution in [-0.2, 0) is 0 Å². The van der Waals surface area contributed by atoms with Crippen molar-refractivity contribution in [2.45, 2.75) is 9.79 Å². The number of hydrogen-bond donors (Lipinski definition) is 2. The van der Waals surface area contributed by atoms with Crippen molar-refractivity contribution in [3.05, 3.63) is 82.6 Å². The van der Waals surface area contributed by atoms with Crippen LogP contribution in [0, 0.1) is 0 Å². The molecule has 2 aromatic carbocycles. The molecular formula is C22H14O4S4. The van der Waals surface area contributed by atoms with E-state index < -0.39 is 11.9 Å². The van der Waals surface area contributed by atoms with Gasteiger partial charge in [0.2, 0.25) is 0 Å². The van der Waals surface area contributed by atoms with E-state index in [-0.39, 0.29) is 11.1 Å². The molecule has 4 aromatic rings. The van der Waals surface area contributed by atoms with Crippen LogP contribution in [0.5, 0.6) is 0 Å². The van der Waals surface area contributed by atoms with E-state index in [9.17, 15) is 19.8 Å². The van der Waals surface area contributed by atoms with Crippen LogP contribution in [0.1, 0.15) is 20.7 Å². The topological polar surface area (TPSA) is 74.6 Å². The fourth-order valence-electron chi connectivity index (χ4n) is 2.82. The molecule has 0 fully saturated rings. The maximum absolute atomic E-state index is 11.8. The number of carboxylic acid groups (broad SMARTS) is 2. The Morgan fingerprint density at radius 1 is 0.633 bits per heavy atom. The van der Waals surface area contributed by atoms with Crippen LogP contribution < -0.4 is 0 Å². The Bertz CT molecular complexity index is 1100. The summed E-state index contributed by atoms with van der Waals surface area (Å²) in [5.41, 5.74) is 2.32. The Hall–Kier alpha value is -2.52. The first kappa shape index (κ1) is 20.7. The maximum Gasteiger partial charge on any atom is 0.337 e. The molecule has 0 atom stereocenters. The SMILES string of the molecule is O=C(O)c1csc(-c2ccccc2)c1SSc1c(C(=O)O)csc1-c1ccccc1. The van der Waals surface area contributed by atoms with E-state index in [0.717, 1.165) is 20.9 Å². The van der Waals surface area contributed by atoms with Crippen molar-refractivity contribution >= 4 is 56.2 Å². The third-order valence-electron chi connectivity index (χ3n) is 4.23. The van der Waals surface area contributed by atoms with Gasteiger partial charge in [-0.25, -0.2) is 9.59 Å². The van der Waals surface area contributed by atoms with Crippen LogP contribution in [0.15, 0.2) is 81.2 Å². The summed E-state index contributed by atoms with van der Waals surface area (Å²) in [4.78, 5) is 26.5. The van der Waals surface area contributed by atoms with Gasteiger partial charge in [-0.3, -0.25) is 0 Å². The lowest BCUT2D eigenvalue weighted by molar-refractivity contribution is 0.0683. The van der Waals surface area contributed by atoms with Crippen LogP contribution in [0.25, 0.3) is 20.9 Å². The van der Waals surface area contributed by atoms with Gasteiger partial charge >= 0.3 is 11.9 Å². The highest BCUT2D eigenvalue weighted by atomic mass is 33.1. The lowest BCUT2D eigenvalue weighted by Gasteiger charge is -2.08. The molecular weight excluding hydrogens is 457 g/mol. The molecule has 0 spiro atoms. The lowest BCUT2D eigenvalue weighted by atomic mass is 10.1. The molecule has 2 aromatic heterocycles. The van der Waals surface area contributed by atoms with Gasteiger partial charge in [-0.2, -0.15) is 0 Å². The van der Waals surface area contributed by atoms with Gasteiger partial charge in [-0.1, -0.05) is 82.3 Å². The number of thiophene rings is 2. The van der Waals surface area contributed by atoms with Crippen molar-refractivity contribution in [3.8, 4) is 20.9 Å². The summed E-state index contributed by atoms with van der Waals surface area (Å²) in [5.74, 6) is -1.99. The van der Waals surface area contributed by atoms with Crippen LogP contribution in [0.2, 0.25) is 0 Å². The molecule has 4 nitrogen and oxygen atoms in total. The fourth-order valence-corrected chi connectivity index (χ4v) is 8.27. The number of carboxylic acids is 2. The number of carbonyl (C=O) groups is 2. The Morgan fingerprint density at radius 2 is 1.00 bits per heavy atom. The Balaban J connectivity index is 1.74. The highest BCUT2D eigenvalue weighted by Gasteiger charge is 2.23. The quantitative estimate of drug-likeness (QED) is 0.275. The number of aromatic carboxylic acids is 2. The Morgan fingerprint density at radius 3 is 1.33 bits per heavy atom. The minimum atomic E-state index is -0.997. The second-order valence-corrected chi connectivity index (χ2v) is 10.0. The fraction of sp³-hybridized carbons (Fsp3) is 0. The van der Waals surface area contributed by atoms with Gasteiger partial charge < -0.3 is 10.2 Å². The molecule has 0 aliphatic rings. The molecule has 0 aliphatic heterocycles. The zero-order valence-electron chi connectivity index (χ0n) is 15.3.